The highest BCUT2D eigenvalue weighted by Gasteiger charge is 2.30. The molecule has 1 N–H and O–H groups in total. The summed E-state index contributed by atoms with van der Waals surface area (Å²) in [6, 6.07) is 11.3. The number of amidine groups is 1. The van der Waals surface area contributed by atoms with E-state index in [1.54, 1.807) is 29.3 Å². The van der Waals surface area contributed by atoms with Crippen LogP contribution in [0.4, 0.5) is 18.9 Å². The fourth-order valence-electron chi connectivity index (χ4n) is 2.51. The molecule has 0 radical (unpaired) electrons. The Balaban J connectivity index is 1.61. The van der Waals surface area contributed by atoms with Gasteiger partial charge in [0.1, 0.15) is 12.3 Å². The third kappa shape index (κ3) is 6.90. The molecule has 0 unspecified atom stereocenters. The number of alkyl halides is 3. The fraction of sp³-hybridized carbons (Fsp3) is 0.250. The van der Waals surface area contributed by atoms with Crippen molar-refractivity contribution in [1.82, 2.24) is 5.01 Å². The second kappa shape index (κ2) is 10.1. The molecule has 164 valence electrons. The summed E-state index contributed by atoms with van der Waals surface area (Å²) in [7, 11) is 0. The number of anilines is 1. The molecule has 0 bridgehead atoms. The zero-order chi connectivity index (χ0) is 22.4. The van der Waals surface area contributed by atoms with Crippen LogP contribution in [-0.4, -0.2) is 40.8 Å². The molecule has 6 nitrogen and oxygen atoms in total. The smallest absolute Gasteiger partial charge is 0.416 e. The molecule has 1 aliphatic heterocycles. The molecular weight excluding hydrogens is 453 g/mol. The van der Waals surface area contributed by atoms with E-state index in [9.17, 15) is 18.0 Å². The van der Waals surface area contributed by atoms with Crippen LogP contribution in [0, 0.1) is 0 Å². The van der Waals surface area contributed by atoms with E-state index < -0.39 is 17.6 Å². The molecule has 2 aromatic carbocycles. The Morgan fingerprint density at radius 3 is 2.68 bits per heavy atom. The Labute approximate surface area is 186 Å². The van der Waals surface area contributed by atoms with Crippen LogP contribution in [0.2, 0.25) is 5.02 Å². The van der Waals surface area contributed by atoms with E-state index in [0.29, 0.717) is 34.9 Å². The molecule has 1 heterocycles. The molecule has 0 aromatic heterocycles. The van der Waals surface area contributed by atoms with Crippen molar-refractivity contribution in [2.24, 2.45) is 10.1 Å². The third-order valence-electron chi connectivity index (χ3n) is 3.99. The summed E-state index contributed by atoms with van der Waals surface area (Å²) >= 11 is 6.93. The number of carbonyl (C=O) groups excluding carboxylic acids is 1. The van der Waals surface area contributed by atoms with Crippen LogP contribution >= 0.6 is 23.4 Å². The van der Waals surface area contributed by atoms with Gasteiger partial charge in [-0.3, -0.25) is 9.80 Å². The van der Waals surface area contributed by atoms with Crippen LogP contribution in [0.5, 0.6) is 5.75 Å². The average Bonchev–Trinajstić information content (AvgIpc) is 2.73. The molecule has 0 aliphatic carbocycles. The quantitative estimate of drug-likeness (QED) is 0.659. The second-order valence-electron chi connectivity index (χ2n) is 6.34. The van der Waals surface area contributed by atoms with Gasteiger partial charge >= 0.3 is 6.18 Å². The van der Waals surface area contributed by atoms with Crippen molar-refractivity contribution in [2.45, 2.75) is 13.1 Å². The van der Waals surface area contributed by atoms with Crippen molar-refractivity contribution in [3.63, 3.8) is 0 Å². The van der Waals surface area contributed by atoms with E-state index in [2.05, 4.69) is 15.4 Å². The third-order valence-corrected chi connectivity index (χ3v) is 5.08. The lowest BCUT2D eigenvalue weighted by molar-refractivity contribution is -0.137. The number of hydrogen-bond donors (Lipinski definition) is 1. The molecule has 11 heteroatoms. The maximum absolute atomic E-state index is 12.8. The van der Waals surface area contributed by atoms with Gasteiger partial charge in [0.25, 0.3) is 0 Å². The van der Waals surface area contributed by atoms with Crippen LogP contribution in [0.1, 0.15) is 12.5 Å². The molecule has 0 saturated carbocycles. The van der Waals surface area contributed by atoms with Gasteiger partial charge in [-0.05, 0) is 49.4 Å². The number of nitrogens with zero attached hydrogens (tertiary/aromatic N) is 3. The maximum Gasteiger partial charge on any atom is 0.416 e. The molecule has 3 rings (SSSR count). The van der Waals surface area contributed by atoms with Crippen LogP contribution in [-0.2, 0) is 11.0 Å². The molecule has 0 fully saturated rings. The number of thioether (sulfide) groups is 1. The number of nitrogens with one attached hydrogen (secondary N) is 1. The zero-order valence-electron chi connectivity index (χ0n) is 16.3. The van der Waals surface area contributed by atoms with Crippen molar-refractivity contribution in [3.05, 3.63) is 59.1 Å². The number of aliphatic imine (C=N–C) groups is 1. The van der Waals surface area contributed by atoms with Crippen LogP contribution in [0.15, 0.2) is 58.6 Å². The van der Waals surface area contributed by atoms with E-state index in [1.165, 1.54) is 12.1 Å². The Hall–Kier alpha value is -2.72. The first kappa shape index (κ1) is 23.0. The standard InChI is InChI=1S/C20H18ClF3N4O2S/c1-2-28-11-18(30-16-8-6-14(21)7-9-16)26-19(27-28)31-12-17(29)25-15-5-3-4-13(10-15)20(22,23)24/h3-10H,2,11-12H2,1H3,(H,25,29). The SMILES string of the molecule is CCN1CC(Oc2ccc(Cl)cc2)=NC(SCC(=O)Nc2cccc(C(F)(F)F)c2)=N1. The molecule has 0 spiro atoms. The molecule has 2 aromatic rings. The summed E-state index contributed by atoms with van der Waals surface area (Å²) in [5, 5.41) is 9.41. The topological polar surface area (TPSA) is 66.3 Å². The number of hydrazone groups is 1. The highest BCUT2D eigenvalue weighted by molar-refractivity contribution is 8.14. The van der Waals surface area contributed by atoms with Crippen molar-refractivity contribution >= 4 is 46.0 Å². The minimum absolute atomic E-state index is 0.0662. The summed E-state index contributed by atoms with van der Waals surface area (Å²) in [5.74, 6) is 0.411. The second-order valence-corrected chi connectivity index (χ2v) is 7.72. The Morgan fingerprint density at radius 2 is 2.00 bits per heavy atom. The molecule has 0 atom stereocenters. The zero-order valence-corrected chi connectivity index (χ0v) is 17.9. The Bertz CT molecular complexity index is 997. The van der Waals surface area contributed by atoms with E-state index in [4.69, 9.17) is 16.3 Å². The van der Waals surface area contributed by atoms with E-state index in [-0.39, 0.29) is 11.4 Å². The fourth-order valence-corrected chi connectivity index (χ4v) is 3.31. The van der Waals surface area contributed by atoms with Gasteiger partial charge in [-0.1, -0.05) is 29.4 Å². The Morgan fingerprint density at radius 1 is 1.26 bits per heavy atom. The number of carbonyl (C=O) groups is 1. The monoisotopic (exact) mass is 470 g/mol. The first-order valence-electron chi connectivity index (χ1n) is 9.17. The Kier molecular flexibility index (Phi) is 7.45. The first-order valence-corrected chi connectivity index (χ1v) is 10.5. The van der Waals surface area contributed by atoms with Crippen molar-refractivity contribution < 1.29 is 22.7 Å². The highest BCUT2D eigenvalue weighted by Crippen LogP contribution is 2.30. The molecule has 0 saturated heterocycles. The van der Waals surface area contributed by atoms with Crippen LogP contribution < -0.4 is 10.1 Å². The number of rotatable bonds is 5. The van der Waals surface area contributed by atoms with Gasteiger partial charge in [-0.25, -0.2) is 0 Å². The lowest BCUT2D eigenvalue weighted by Gasteiger charge is -2.23. The first-order chi connectivity index (χ1) is 14.7. The van der Waals surface area contributed by atoms with Gasteiger partial charge in [0, 0.05) is 17.3 Å². The normalized spacial score (nSPS) is 14.0. The van der Waals surface area contributed by atoms with Gasteiger partial charge in [0.2, 0.25) is 17.0 Å². The van der Waals surface area contributed by atoms with Gasteiger partial charge in [0.05, 0.1) is 11.3 Å². The lowest BCUT2D eigenvalue weighted by atomic mass is 10.2. The minimum atomic E-state index is -4.48. The molecular formula is C20H18ClF3N4O2S. The van der Waals surface area contributed by atoms with Crippen molar-refractivity contribution in [2.75, 3.05) is 24.2 Å². The molecule has 1 amide bonds. The number of ether oxygens (including phenoxy) is 1. The minimum Gasteiger partial charge on any atom is -0.441 e. The van der Waals surface area contributed by atoms with Crippen molar-refractivity contribution in [3.8, 4) is 5.75 Å². The van der Waals surface area contributed by atoms with E-state index in [0.717, 1.165) is 23.9 Å². The van der Waals surface area contributed by atoms with E-state index in [1.807, 2.05) is 6.92 Å². The van der Waals surface area contributed by atoms with Crippen LogP contribution in [0.25, 0.3) is 0 Å². The van der Waals surface area contributed by atoms with Crippen LogP contribution in [0.3, 0.4) is 0 Å². The largest absolute Gasteiger partial charge is 0.441 e. The number of amides is 1. The van der Waals surface area contributed by atoms with Gasteiger partial charge in [0.15, 0.2) is 0 Å². The molecule has 31 heavy (non-hydrogen) atoms. The summed E-state index contributed by atoms with van der Waals surface area (Å²) in [5.41, 5.74) is -0.766. The van der Waals surface area contributed by atoms with Gasteiger partial charge < -0.3 is 10.1 Å². The highest BCUT2D eigenvalue weighted by atomic mass is 35.5. The summed E-state index contributed by atoms with van der Waals surface area (Å²) < 4.78 is 44.2. The summed E-state index contributed by atoms with van der Waals surface area (Å²) in [6.07, 6.45) is -4.48. The number of hydrogen-bond acceptors (Lipinski definition) is 6. The predicted octanol–water partition coefficient (Wildman–Crippen LogP) is 5.11. The molecule has 1 aliphatic rings. The number of likely N-dealkylation sites (N-methyl/N-ethyl adjacent to an activating group) is 1. The number of halogens is 4. The van der Waals surface area contributed by atoms with Gasteiger partial charge in [-0.2, -0.15) is 18.2 Å². The van der Waals surface area contributed by atoms with Gasteiger partial charge in [-0.15, -0.1) is 5.10 Å². The maximum atomic E-state index is 12.8. The van der Waals surface area contributed by atoms with E-state index >= 15 is 0 Å². The summed E-state index contributed by atoms with van der Waals surface area (Å²) in [6.45, 7) is 2.88. The summed E-state index contributed by atoms with van der Waals surface area (Å²) in [4.78, 5) is 16.5. The van der Waals surface area contributed by atoms with Crippen molar-refractivity contribution in [1.29, 1.82) is 0 Å². The predicted molar refractivity (Wildman–Crippen MR) is 117 cm³/mol. The lowest BCUT2D eigenvalue weighted by Crippen LogP contribution is -2.33. The average molecular weight is 471 g/mol. The number of benzene rings is 2.